The molecule has 1 aromatic heterocycles. The van der Waals surface area contributed by atoms with Crippen molar-refractivity contribution in [3.8, 4) is 16.8 Å². The molecule has 0 saturated carbocycles. The molecule has 37 heavy (non-hydrogen) atoms. The summed E-state index contributed by atoms with van der Waals surface area (Å²) in [4.78, 5) is 24.3. The van der Waals surface area contributed by atoms with E-state index in [1.807, 2.05) is 0 Å². The standard InChI is InChI=1S/C25H17F4N3O4S/c1-37(35,36)22-9-5-3-7-17(22)15-10-11-19(18(26)12-15)30-24(34)21-13-23(25(27,28)29)31-32(21)20-8-4-2-6-16(20)14-33/h2-14H,1H3,(H,30,34). The van der Waals surface area contributed by atoms with Crippen molar-refractivity contribution in [3.05, 3.63) is 95.6 Å². The van der Waals surface area contributed by atoms with Crippen LogP contribution in [0.3, 0.4) is 0 Å². The lowest BCUT2D eigenvalue weighted by atomic mass is 10.0. The van der Waals surface area contributed by atoms with Crippen molar-refractivity contribution in [2.75, 3.05) is 11.6 Å². The topological polar surface area (TPSA) is 98.1 Å². The van der Waals surface area contributed by atoms with E-state index in [-0.39, 0.29) is 33.0 Å². The van der Waals surface area contributed by atoms with E-state index in [9.17, 15) is 35.6 Å². The summed E-state index contributed by atoms with van der Waals surface area (Å²) >= 11 is 0. The fourth-order valence-corrected chi connectivity index (χ4v) is 4.56. The number of sulfone groups is 1. The van der Waals surface area contributed by atoms with Crippen molar-refractivity contribution in [1.82, 2.24) is 9.78 Å². The third kappa shape index (κ3) is 5.28. The molecule has 0 radical (unpaired) electrons. The number of alkyl halides is 3. The second kappa shape index (κ2) is 9.62. The van der Waals surface area contributed by atoms with Gasteiger partial charge in [-0.3, -0.25) is 9.59 Å². The predicted molar refractivity (Wildman–Crippen MR) is 127 cm³/mol. The molecule has 1 heterocycles. The Hall–Kier alpha value is -4.32. The van der Waals surface area contributed by atoms with E-state index in [2.05, 4.69) is 10.4 Å². The number of halogens is 4. The smallest absolute Gasteiger partial charge is 0.318 e. The average molecular weight is 531 g/mol. The van der Waals surface area contributed by atoms with Crippen LogP contribution in [0.25, 0.3) is 16.8 Å². The molecular weight excluding hydrogens is 514 g/mol. The number of amides is 1. The van der Waals surface area contributed by atoms with Crippen LogP contribution in [0.5, 0.6) is 0 Å². The van der Waals surface area contributed by atoms with Crippen LogP contribution in [0.15, 0.2) is 77.7 Å². The van der Waals surface area contributed by atoms with Crippen LogP contribution in [-0.4, -0.2) is 36.6 Å². The molecular formula is C25H17F4N3O4S. The lowest BCUT2D eigenvalue weighted by molar-refractivity contribution is -0.141. The Bertz CT molecular complexity index is 1630. The molecule has 190 valence electrons. The number of aromatic nitrogens is 2. The second-order valence-corrected chi connectivity index (χ2v) is 9.90. The fourth-order valence-electron chi connectivity index (χ4n) is 3.64. The monoisotopic (exact) mass is 531 g/mol. The number of hydrogen-bond acceptors (Lipinski definition) is 5. The quantitative estimate of drug-likeness (QED) is 0.274. The lowest BCUT2D eigenvalue weighted by Gasteiger charge is -2.12. The molecule has 0 aliphatic heterocycles. The van der Waals surface area contributed by atoms with Crippen LogP contribution in [-0.2, 0) is 16.0 Å². The number of benzene rings is 3. The Morgan fingerprint density at radius 3 is 2.32 bits per heavy atom. The molecule has 1 amide bonds. The first-order valence-electron chi connectivity index (χ1n) is 10.5. The molecule has 0 fully saturated rings. The van der Waals surface area contributed by atoms with Crippen molar-refractivity contribution in [3.63, 3.8) is 0 Å². The van der Waals surface area contributed by atoms with Crippen LogP contribution < -0.4 is 5.32 Å². The maximum absolute atomic E-state index is 15.0. The first-order chi connectivity index (χ1) is 17.4. The minimum Gasteiger partial charge on any atom is -0.318 e. The van der Waals surface area contributed by atoms with Gasteiger partial charge < -0.3 is 5.32 Å². The highest BCUT2D eigenvalue weighted by Gasteiger charge is 2.36. The highest BCUT2D eigenvalue weighted by Crippen LogP contribution is 2.32. The zero-order chi connectivity index (χ0) is 27.0. The Morgan fingerprint density at radius 2 is 1.68 bits per heavy atom. The van der Waals surface area contributed by atoms with E-state index >= 15 is 0 Å². The van der Waals surface area contributed by atoms with Gasteiger partial charge in [-0.05, 0) is 35.9 Å². The highest BCUT2D eigenvalue weighted by atomic mass is 32.2. The van der Waals surface area contributed by atoms with Gasteiger partial charge in [0, 0.05) is 23.4 Å². The molecule has 1 N–H and O–H groups in total. The van der Waals surface area contributed by atoms with Crippen molar-refractivity contribution in [2.45, 2.75) is 11.1 Å². The van der Waals surface area contributed by atoms with Gasteiger partial charge in [-0.25, -0.2) is 17.5 Å². The number of carbonyl (C=O) groups excluding carboxylic acids is 2. The Labute approximate surface area is 208 Å². The van der Waals surface area contributed by atoms with Gasteiger partial charge in [0.15, 0.2) is 21.8 Å². The maximum atomic E-state index is 15.0. The number of para-hydroxylation sites is 1. The Balaban J connectivity index is 1.73. The largest absolute Gasteiger partial charge is 0.435 e. The van der Waals surface area contributed by atoms with E-state index in [1.54, 1.807) is 6.07 Å². The summed E-state index contributed by atoms with van der Waals surface area (Å²) in [6.07, 6.45) is -3.48. The number of anilines is 1. The van der Waals surface area contributed by atoms with Gasteiger partial charge in [-0.15, -0.1) is 0 Å². The number of rotatable bonds is 6. The summed E-state index contributed by atoms with van der Waals surface area (Å²) < 4.78 is 79.9. The van der Waals surface area contributed by atoms with Gasteiger partial charge in [-0.2, -0.15) is 18.3 Å². The van der Waals surface area contributed by atoms with Gasteiger partial charge in [0.05, 0.1) is 16.3 Å². The highest BCUT2D eigenvalue weighted by molar-refractivity contribution is 7.90. The zero-order valence-electron chi connectivity index (χ0n) is 19.0. The van der Waals surface area contributed by atoms with Crippen molar-refractivity contribution >= 4 is 27.7 Å². The second-order valence-electron chi connectivity index (χ2n) is 7.92. The molecule has 0 spiro atoms. The predicted octanol–water partition coefficient (Wildman–Crippen LogP) is 5.17. The van der Waals surface area contributed by atoms with E-state index in [0.717, 1.165) is 18.4 Å². The molecule has 4 rings (SSSR count). The molecule has 0 atom stereocenters. The van der Waals surface area contributed by atoms with Crippen LogP contribution in [0, 0.1) is 5.82 Å². The third-order valence-electron chi connectivity index (χ3n) is 5.34. The fraction of sp³-hybridized carbons (Fsp3) is 0.0800. The minimum absolute atomic E-state index is 0.0200. The van der Waals surface area contributed by atoms with Gasteiger partial charge in [0.1, 0.15) is 11.5 Å². The van der Waals surface area contributed by atoms with E-state index in [4.69, 9.17) is 0 Å². The number of nitrogens with one attached hydrogen (secondary N) is 1. The van der Waals surface area contributed by atoms with Gasteiger partial charge in [0.2, 0.25) is 0 Å². The molecule has 0 aliphatic rings. The maximum Gasteiger partial charge on any atom is 0.435 e. The number of hydrogen-bond donors (Lipinski definition) is 1. The summed E-state index contributed by atoms with van der Waals surface area (Å²) in [7, 11) is -3.62. The molecule has 0 unspecified atom stereocenters. The first-order valence-corrected chi connectivity index (χ1v) is 12.4. The summed E-state index contributed by atoms with van der Waals surface area (Å²) in [5, 5.41) is 5.67. The van der Waals surface area contributed by atoms with E-state index in [0.29, 0.717) is 17.0 Å². The van der Waals surface area contributed by atoms with Crippen molar-refractivity contribution < 1.29 is 35.6 Å². The molecule has 0 saturated heterocycles. The lowest BCUT2D eigenvalue weighted by Crippen LogP contribution is -2.18. The molecule has 3 aromatic carbocycles. The summed E-state index contributed by atoms with van der Waals surface area (Å²) in [5.41, 5.74) is -1.99. The van der Waals surface area contributed by atoms with Crippen molar-refractivity contribution in [1.29, 1.82) is 0 Å². The van der Waals surface area contributed by atoms with Crippen LogP contribution in [0.2, 0.25) is 0 Å². The number of aldehydes is 1. The Morgan fingerprint density at radius 1 is 1.00 bits per heavy atom. The normalized spacial score (nSPS) is 11.8. The van der Waals surface area contributed by atoms with Gasteiger partial charge in [0.25, 0.3) is 5.91 Å². The van der Waals surface area contributed by atoms with Crippen molar-refractivity contribution in [2.24, 2.45) is 0 Å². The van der Waals surface area contributed by atoms with E-state index < -0.39 is 39.1 Å². The first kappa shape index (κ1) is 25.8. The summed E-state index contributed by atoms with van der Waals surface area (Å²) in [5.74, 6) is -2.07. The molecule has 4 aromatic rings. The SMILES string of the molecule is CS(=O)(=O)c1ccccc1-c1ccc(NC(=O)c2cc(C(F)(F)F)nn2-c2ccccc2C=O)c(F)c1. The molecule has 0 aliphatic carbocycles. The molecule has 12 heteroatoms. The average Bonchev–Trinajstić information content (AvgIpc) is 3.31. The van der Waals surface area contributed by atoms with Gasteiger partial charge in [-0.1, -0.05) is 36.4 Å². The molecule has 0 bridgehead atoms. The minimum atomic E-state index is -4.89. The molecule has 7 nitrogen and oxygen atoms in total. The summed E-state index contributed by atoms with van der Waals surface area (Å²) in [6.45, 7) is 0. The van der Waals surface area contributed by atoms with Crippen LogP contribution in [0.4, 0.5) is 23.2 Å². The van der Waals surface area contributed by atoms with Crippen LogP contribution in [0.1, 0.15) is 26.5 Å². The summed E-state index contributed by atoms with van der Waals surface area (Å²) in [6, 6.07) is 15.6. The Kier molecular flexibility index (Phi) is 6.70. The van der Waals surface area contributed by atoms with E-state index in [1.165, 1.54) is 48.5 Å². The van der Waals surface area contributed by atoms with Crippen LogP contribution >= 0.6 is 0 Å². The third-order valence-corrected chi connectivity index (χ3v) is 6.49. The zero-order valence-corrected chi connectivity index (χ0v) is 19.8. The number of carbonyl (C=O) groups is 2. The number of nitrogens with zero attached hydrogens (tertiary/aromatic N) is 2. The van der Waals surface area contributed by atoms with Gasteiger partial charge >= 0.3 is 6.18 Å².